The number of carbonyl (C=O) groups excluding carboxylic acids is 1. The minimum Gasteiger partial charge on any atom is -0.465 e. The number of rotatable bonds is 4. The summed E-state index contributed by atoms with van der Waals surface area (Å²) in [6, 6.07) is 6.08. The maximum atomic E-state index is 12.0. The summed E-state index contributed by atoms with van der Waals surface area (Å²) in [5.41, 5.74) is 2.82. The molecule has 0 unspecified atom stereocenters. The van der Waals surface area contributed by atoms with Crippen LogP contribution < -0.4 is 10.2 Å². The largest absolute Gasteiger partial charge is 0.465 e. The Bertz CT molecular complexity index is 586. The summed E-state index contributed by atoms with van der Waals surface area (Å²) in [5, 5.41) is 12.6. The Hall–Kier alpha value is -2.06. The summed E-state index contributed by atoms with van der Waals surface area (Å²) in [6.45, 7) is 6.88. The number of piperidine rings is 1. The van der Waals surface area contributed by atoms with Crippen molar-refractivity contribution in [3.05, 3.63) is 28.8 Å². The first-order valence-electron chi connectivity index (χ1n) is 7.72. The molecule has 1 aromatic carbocycles. The van der Waals surface area contributed by atoms with Gasteiger partial charge in [0.1, 0.15) is 0 Å². The third kappa shape index (κ3) is 3.23. The van der Waals surface area contributed by atoms with Crippen LogP contribution in [0.5, 0.6) is 0 Å². The Morgan fingerprint density at radius 3 is 2.68 bits per heavy atom. The van der Waals surface area contributed by atoms with E-state index in [1.165, 1.54) is 7.11 Å². The molecule has 1 aromatic rings. The highest BCUT2D eigenvalue weighted by Crippen LogP contribution is 2.29. The van der Waals surface area contributed by atoms with Gasteiger partial charge in [-0.2, -0.15) is 5.26 Å². The van der Waals surface area contributed by atoms with Crippen LogP contribution in [0.1, 0.15) is 41.3 Å². The van der Waals surface area contributed by atoms with Crippen LogP contribution in [-0.4, -0.2) is 38.8 Å². The van der Waals surface area contributed by atoms with Gasteiger partial charge in [-0.3, -0.25) is 0 Å². The maximum Gasteiger partial charge on any atom is 0.338 e. The second-order valence-corrected chi connectivity index (χ2v) is 5.54. The van der Waals surface area contributed by atoms with E-state index >= 15 is 0 Å². The first-order chi connectivity index (χ1) is 10.6. The van der Waals surface area contributed by atoms with Crippen molar-refractivity contribution in [2.24, 2.45) is 0 Å². The molecule has 0 atom stereocenters. The fourth-order valence-electron chi connectivity index (χ4n) is 3.13. The van der Waals surface area contributed by atoms with E-state index in [0.717, 1.165) is 43.7 Å². The maximum absolute atomic E-state index is 12.0. The SMILES string of the molecule is CCN(c1cc(C#N)cc(C(=O)OC)c1C)C1CCNCC1. The molecule has 2 rings (SSSR count). The lowest BCUT2D eigenvalue weighted by atomic mass is 9.98. The standard InChI is InChI=1S/C17H23N3O2/c1-4-20(14-5-7-19-8-6-14)16-10-13(11-18)9-15(12(16)2)17(21)22-3/h9-10,14,19H,4-8H2,1-3H3. The Morgan fingerprint density at radius 1 is 1.45 bits per heavy atom. The minimum absolute atomic E-state index is 0.391. The van der Waals surface area contributed by atoms with Crippen LogP contribution in [-0.2, 0) is 4.74 Å². The number of nitriles is 1. The van der Waals surface area contributed by atoms with Crippen LogP contribution in [0.25, 0.3) is 0 Å². The summed E-state index contributed by atoms with van der Waals surface area (Å²) in [5.74, 6) is -0.391. The molecule has 22 heavy (non-hydrogen) atoms. The lowest BCUT2D eigenvalue weighted by Crippen LogP contribution is -2.43. The molecule has 1 fully saturated rings. The molecule has 118 valence electrons. The molecule has 0 spiro atoms. The van der Waals surface area contributed by atoms with Gasteiger partial charge in [-0.1, -0.05) is 0 Å². The molecule has 0 aromatic heterocycles. The van der Waals surface area contributed by atoms with Crippen molar-refractivity contribution < 1.29 is 9.53 Å². The highest BCUT2D eigenvalue weighted by Gasteiger charge is 2.24. The molecular formula is C17H23N3O2. The van der Waals surface area contributed by atoms with Crippen LogP contribution >= 0.6 is 0 Å². The molecule has 0 amide bonds. The van der Waals surface area contributed by atoms with Crippen molar-refractivity contribution in [2.75, 3.05) is 31.6 Å². The normalized spacial score (nSPS) is 15.2. The van der Waals surface area contributed by atoms with E-state index in [-0.39, 0.29) is 0 Å². The van der Waals surface area contributed by atoms with E-state index in [9.17, 15) is 10.1 Å². The van der Waals surface area contributed by atoms with Gasteiger partial charge in [0.05, 0.1) is 24.3 Å². The first kappa shape index (κ1) is 16.3. The highest BCUT2D eigenvalue weighted by molar-refractivity contribution is 5.93. The lowest BCUT2D eigenvalue weighted by Gasteiger charge is -2.37. The number of hydrogen-bond donors (Lipinski definition) is 1. The van der Waals surface area contributed by atoms with Crippen LogP contribution in [0.15, 0.2) is 12.1 Å². The van der Waals surface area contributed by atoms with E-state index in [2.05, 4.69) is 23.2 Å². The fourth-order valence-corrected chi connectivity index (χ4v) is 3.13. The monoisotopic (exact) mass is 301 g/mol. The summed E-state index contributed by atoms with van der Waals surface area (Å²) in [7, 11) is 1.37. The zero-order chi connectivity index (χ0) is 16.1. The van der Waals surface area contributed by atoms with Crippen LogP contribution in [0.4, 0.5) is 5.69 Å². The molecule has 1 aliphatic heterocycles. The van der Waals surface area contributed by atoms with Gasteiger partial charge in [0.25, 0.3) is 0 Å². The van der Waals surface area contributed by atoms with Gasteiger partial charge in [-0.25, -0.2) is 4.79 Å². The van der Waals surface area contributed by atoms with E-state index < -0.39 is 5.97 Å². The molecule has 1 aliphatic rings. The van der Waals surface area contributed by atoms with Gasteiger partial charge >= 0.3 is 5.97 Å². The molecule has 1 heterocycles. The second kappa shape index (κ2) is 7.28. The fraction of sp³-hybridized carbons (Fsp3) is 0.529. The zero-order valence-electron chi connectivity index (χ0n) is 13.5. The molecule has 0 saturated carbocycles. The minimum atomic E-state index is -0.391. The summed E-state index contributed by atoms with van der Waals surface area (Å²) < 4.78 is 4.85. The predicted molar refractivity (Wildman–Crippen MR) is 86.1 cm³/mol. The van der Waals surface area contributed by atoms with Crippen molar-refractivity contribution in [1.29, 1.82) is 5.26 Å². The Morgan fingerprint density at radius 2 is 2.14 bits per heavy atom. The number of ether oxygens (including phenoxy) is 1. The van der Waals surface area contributed by atoms with E-state index in [1.54, 1.807) is 6.07 Å². The van der Waals surface area contributed by atoms with E-state index in [1.807, 2.05) is 13.0 Å². The summed E-state index contributed by atoms with van der Waals surface area (Å²) >= 11 is 0. The Balaban J connectivity index is 2.47. The van der Waals surface area contributed by atoms with Crippen molar-refractivity contribution >= 4 is 11.7 Å². The third-order valence-corrected chi connectivity index (χ3v) is 4.31. The van der Waals surface area contributed by atoms with Gasteiger partial charge in [0.15, 0.2) is 0 Å². The highest BCUT2D eigenvalue weighted by atomic mass is 16.5. The molecule has 0 radical (unpaired) electrons. The molecule has 5 nitrogen and oxygen atoms in total. The van der Waals surface area contributed by atoms with Crippen molar-refractivity contribution in [2.45, 2.75) is 32.7 Å². The van der Waals surface area contributed by atoms with Gasteiger partial charge < -0.3 is 15.0 Å². The first-order valence-corrected chi connectivity index (χ1v) is 7.72. The number of anilines is 1. The van der Waals surface area contributed by atoms with Gasteiger partial charge in [-0.05, 0) is 57.5 Å². The van der Waals surface area contributed by atoms with Crippen LogP contribution in [0.2, 0.25) is 0 Å². The number of benzene rings is 1. The topological polar surface area (TPSA) is 65.4 Å². The number of nitrogens with one attached hydrogen (secondary N) is 1. The number of hydrogen-bond acceptors (Lipinski definition) is 5. The molecule has 1 N–H and O–H groups in total. The lowest BCUT2D eigenvalue weighted by molar-refractivity contribution is 0.0600. The van der Waals surface area contributed by atoms with Crippen molar-refractivity contribution in [1.82, 2.24) is 5.32 Å². The van der Waals surface area contributed by atoms with Crippen LogP contribution in [0.3, 0.4) is 0 Å². The Kier molecular flexibility index (Phi) is 5.40. The molecule has 1 saturated heterocycles. The smallest absolute Gasteiger partial charge is 0.338 e. The average molecular weight is 301 g/mol. The van der Waals surface area contributed by atoms with E-state index in [0.29, 0.717) is 17.2 Å². The third-order valence-electron chi connectivity index (χ3n) is 4.31. The molecule has 5 heteroatoms. The van der Waals surface area contributed by atoms with Gasteiger partial charge in [0, 0.05) is 18.3 Å². The molecule has 0 aliphatic carbocycles. The number of carbonyl (C=O) groups is 1. The molecular weight excluding hydrogens is 278 g/mol. The Labute approximate surface area is 131 Å². The van der Waals surface area contributed by atoms with Crippen molar-refractivity contribution in [3.8, 4) is 6.07 Å². The van der Waals surface area contributed by atoms with Gasteiger partial charge in [0.2, 0.25) is 0 Å². The molecule has 0 bridgehead atoms. The quantitative estimate of drug-likeness (QED) is 0.864. The van der Waals surface area contributed by atoms with Gasteiger partial charge in [-0.15, -0.1) is 0 Å². The van der Waals surface area contributed by atoms with Crippen LogP contribution in [0, 0.1) is 18.3 Å². The summed E-state index contributed by atoms with van der Waals surface area (Å²) in [6.07, 6.45) is 2.13. The predicted octanol–water partition coefficient (Wildman–Crippen LogP) is 2.23. The van der Waals surface area contributed by atoms with E-state index in [4.69, 9.17) is 4.74 Å². The average Bonchev–Trinajstić information content (AvgIpc) is 2.57. The second-order valence-electron chi connectivity index (χ2n) is 5.54. The number of esters is 1. The zero-order valence-corrected chi connectivity index (χ0v) is 13.5. The van der Waals surface area contributed by atoms with Crippen molar-refractivity contribution in [3.63, 3.8) is 0 Å². The number of methoxy groups -OCH3 is 1. The number of nitrogens with zero attached hydrogens (tertiary/aromatic N) is 2. The summed E-state index contributed by atoms with van der Waals surface area (Å²) in [4.78, 5) is 14.3.